The molecule has 3 heteroatoms. The molecule has 1 unspecified atom stereocenters. The third-order valence-corrected chi connectivity index (χ3v) is 6.38. The standard InChI is InChI=1S/C28H22N2O/c31-18-22-17-30(27-11-4-3-10-26(27)29-22)16-21-8-5-7-20-13-14-24-23-9-2-1-6-19(23)12-15-25(24)28(20)21/h1-15,18,22,29H,16-17H2. The molecule has 0 bridgehead atoms. The number of para-hydroxylation sites is 2. The highest BCUT2D eigenvalue weighted by molar-refractivity contribution is 6.18. The Morgan fingerprint density at radius 3 is 2.48 bits per heavy atom. The van der Waals surface area contributed by atoms with Gasteiger partial charge in [0, 0.05) is 13.1 Å². The van der Waals surface area contributed by atoms with Crippen molar-refractivity contribution in [1.29, 1.82) is 0 Å². The third kappa shape index (κ3) is 2.93. The molecule has 6 rings (SSSR count). The molecule has 150 valence electrons. The number of carbonyl (C=O) groups excluding carboxylic acids is 1. The molecular formula is C28H22N2O. The van der Waals surface area contributed by atoms with E-state index in [1.807, 2.05) is 12.1 Å². The molecular weight excluding hydrogens is 380 g/mol. The molecule has 3 nitrogen and oxygen atoms in total. The summed E-state index contributed by atoms with van der Waals surface area (Å²) in [5, 5.41) is 11.0. The molecule has 1 N–H and O–H groups in total. The number of aldehydes is 1. The van der Waals surface area contributed by atoms with Crippen molar-refractivity contribution < 1.29 is 4.79 Å². The van der Waals surface area contributed by atoms with Crippen molar-refractivity contribution in [1.82, 2.24) is 0 Å². The second-order valence-electron chi connectivity index (χ2n) is 8.25. The zero-order valence-electron chi connectivity index (χ0n) is 17.1. The number of benzene rings is 5. The van der Waals surface area contributed by atoms with Crippen LogP contribution in [-0.2, 0) is 11.3 Å². The molecule has 0 spiro atoms. The maximum Gasteiger partial charge on any atom is 0.144 e. The monoisotopic (exact) mass is 402 g/mol. The Hall–Kier alpha value is -3.85. The van der Waals surface area contributed by atoms with Crippen molar-refractivity contribution in [3.63, 3.8) is 0 Å². The van der Waals surface area contributed by atoms with E-state index in [4.69, 9.17) is 0 Å². The lowest BCUT2D eigenvalue weighted by atomic mass is 9.94. The molecule has 1 heterocycles. The summed E-state index contributed by atoms with van der Waals surface area (Å²) in [5.41, 5.74) is 3.44. The van der Waals surface area contributed by atoms with Crippen LogP contribution in [0.15, 0.2) is 91.0 Å². The van der Waals surface area contributed by atoms with E-state index in [0.717, 1.165) is 24.2 Å². The average molecular weight is 402 g/mol. The minimum absolute atomic E-state index is 0.203. The fourth-order valence-corrected chi connectivity index (χ4v) is 4.97. The van der Waals surface area contributed by atoms with E-state index in [1.165, 1.54) is 37.9 Å². The quantitative estimate of drug-likeness (QED) is 0.290. The van der Waals surface area contributed by atoms with Crippen LogP contribution in [0.5, 0.6) is 0 Å². The first kappa shape index (κ1) is 18.0. The minimum atomic E-state index is -0.203. The van der Waals surface area contributed by atoms with Gasteiger partial charge in [-0.3, -0.25) is 0 Å². The minimum Gasteiger partial charge on any atom is -0.372 e. The lowest BCUT2D eigenvalue weighted by Gasteiger charge is -2.35. The average Bonchev–Trinajstić information content (AvgIpc) is 2.83. The molecule has 0 aromatic heterocycles. The number of fused-ring (bicyclic) bond motifs is 6. The molecule has 0 saturated heterocycles. The predicted octanol–water partition coefficient (Wildman–Crippen LogP) is 6.15. The van der Waals surface area contributed by atoms with E-state index >= 15 is 0 Å². The van der Waals surface area contributed by atoms with Gasteiger partial charge in [0.2, 0.25) is 0 Å². The van der Waals surface area contributed by atoms with Crippen LogP contribution in [0.3, 0.4) is 0 Å². The van der Waals surface area contributed by atoms with Crippen molar-refractivity contribution in [2.45, 2.75) is 12.6 Å². The molecule has 0 radical (unpaired) electrons. The van der Waals surface area contributed by atoms with Crippen LogP contribution < -0.4 is 10.2 Å². The van der Waals surface area contributed by atoms with Crippen molar-refractivity contribution in [2.75, 3.05) is 16.8 Å². The number of hydrogen-bond donors (Lipinski definition) is 1. The molecule has 0 fully saturated rings. The Bertz CT molecular complexity index is 1460. The fraction of sp³-hybridized carbons (Fsp3) is 0.107. The van der Waals surface area contributed by atoms with Gasteiger partial charge in [-0.2, -0.15) is 0 Å². The fourth-order valence-electron chi connectivity index (χ4n) is 4.97. The highest BCUT2D eigenvalue weighted by atomic mass is 16.1. The Morgan fingerprint density at radius 2 is 1.55 bits per heavy atom. The Labute approximate surface area is 180 Å². The molecule has 5 aromatic rings. The smallest absolute Gasteiger partial charge is 0.144 e. The first-order valence-electron chi connectivity index (χ1n) is 10.7. The van der Waals surface area contributed by atoms with Gasteiger partial charge < -0.3 is 15.0 Å². The molecule has 31 heavy (non-hydrogen) atoms. The van der Waals surface area contributed by atoms with Crippen LogP contribution in [0.4, 0.5) is 11.4 Å². The summed E-state index contributed by atoms with van der Waals surface area (Å²) >= 11 is 0. The van der Waals surface area contributed by atoms with Crippen molar-refractivity contribution >= 4 is 50.0 Å². The molecule has 5 aromatic carbocycles. The van der Waals surface area contributed by atoms with Crippen LogP contribution in [0, 0.1) is 0 Å². The van der Waals surface area contributed by atoms with Gasteiger partial charge in [-0.1, -0.05) is 78.9 Å². The normalized spacial score (nSPS) is 15.7. The van der Waals surface area contributed by atoms with Gasteiger partial charge in [-0.25, -0.2) is 0 Å². The van der Waals surface area contributed by atoms with Gasteiger partial charge in [0.25, 0.3) is 0 Å². The van der Waals surface area contributed by atoms with E-state index < -0.39 is 0 Å². The van der Waals surface area contributed by atoms with Crippen LogP contribution in [0.1, 0.15) is 5.56 Å². The number of hydrogen-bond acceptors (Lipinski definition) is 3. The Balaban J connectivity index is 1.54. The summed E-state index contributed by atoms with van der Waals surface area (Å²) in [7, 11) is 0. The summed E-state index contributed by atoms with van der Waals surface area (Å²) in [5.74, 6) is 0. The zero-order chi connectivity index (χ0) is 20.8. The van der Waals surface area contributed by atoms with Gasteiger partial charge >= 0.3 is 0 Å². The van der Waals surface area contributed by atoms with Gasteiger partial charge in [-0.15, -0.1) is 0 Å². The van der Waals surface area contributed by atoms with E-state index in [2.05, 4.69) is 89.1 Å². The van der Waals surface area contributed by atoms with Crippen LogP contribution in [0.25, 0.3) is 32.3 Å². The summed E-state index contributed by atoms with van der Waals surface area (Å²) < 4.78 is 0. The largest absolute Gasteiger partial charge is 0.372 e. The summed E-state index contributed by atoms with van der Waals surface area (Å²) in [6.07, 6.45) is 1.01. The second kappa shape index (κ2) is 7.13. The van der Waals surface area contributed by atoms with E-state index in [-0.39, 0.29) is 6.04 Å². The van der Waals surface area contributed by atoms with E-state index in [1.54, 1.807) is 0 Å². The zero-order valence-corrected chi connectivity index (χ0v) is 17.1. The molecule has 0 amide bonds. The van der Waals surface area contributed by atoms with Crippen LogP contribution in [-0.4, -0.2) is 18.9 Å². The topological polar surface area (TPSA) is 32.3 Å². The number of carbonyl (C=O) groups is 1. The molecule has 0 saturated carbocycles. The van der Waals surface area contributed by atoms with Crippen molar-refractivity contribution in [2.24, 2.45) is 0 Å². The predicted molar refractivity (Wildman–Crippen MR) is 130 cm³/mol. The van der Waals surface area contributed by atoms with Gasteiger partial charge in [0.15, 0.2) is 0 Å². The Kier molecular flexibility index (Phi) is 4.13. The van der Waals surface area contributed by atoms with Gasteiger partial charge in [0.1, 0.15) is 6.29 Å². The Morgan fingerprint density at radius 1 is 0.774 bits per heavy atom. The highest BCUT2D eigenvalue weighted by Crippen LogP contribution is 2.36. The summed E-state index contributed by atoms with van der Waals surface area (Å²) in [6, 6.07) is 32.1. The highest BCUT2D eigenvalue weighted by Gasteiger charge is 2.23. The summed E-state index contributed by atoms with van der Waals surface area (Å²) in [4.78, 5) is 13.9. The number of anilines is 2. The van der Waals surface area contributed by atoms with E-state index in [9.17, 15) is 4.79 Å². The molecule has 1 aliphatic rings. The second-order valence-corrected chi connectivity index (χ2v) is 8.25. The van der Waals surface area contributed by atoms with Crippen molar-refractivity contribution in [3.05, 3.63) is 96.6 Å². The van der Waals surface area contributed by atoms with E-state index in [0.29, 0.717) is 6.54 Å². The first-order chi connectivity index (χ1) is 15.3. The molecule has 1 atom stereocenters. The van der Waals surface area contributed by atoms with Crippen molar-refractivity contribution in [3.8, 4) is 0 Å². The van der Waals surface area contributed by atoms with Crippen LogP contribution in [0.2, 0.25) is 0 Å². The molecule has 1 aliphatic heterocycles. The number of nitrogens with one attached hydrogen (secondary N) is 1. The lowest BCUT2D eigenvalue weighted by molar-refractivity contribution is -0.108. The summed E-state index contributed by atoms with van der Waals surface area (Å²) in [6.45, 7) is 1.41. The maximum absolute atomic E-state index is 11.6. The SMILES string of the molecule is O=CC1CN(Cc2cccc3ccc4c5ccccc5ccc4c23)c2ccccc2N1. The van der Waals surface area contributed by atoms with Crippen LogP contribution >= 0.6 is 0 Å². The number of rotatable bonds is 3. The first-order valence-corrected chi connectivity index (χ1v) is 10.7. The maximum atomic E-state index is 11.6. The van der Waals surface area contributed by atoms with Gasteiger partial charge in [0.05, 0.1) is 17.4 Å². The number of nitrogens with zero attached hydrogens (tertiary/aromatic N) is 1. The third-order valence-electron chi connectivity index (χ3n) is 6.38. The lowest BCUT2D eigenvalue weighted by Crippen LogP contribution is -2.42. The molecule has 0 aliphatic carbocycles. The van der Waals surface area contributed by atoms with Gasteiger partial charge in [-0.05, 0) is 50.0 Å².